The molecule has 4 nitrogen and oxygen atoms in total. The van der Waals surface area contributed by atoms with E-state index in [1.165, 1.54) is 0 Å². The lowest BCUT2D eigenvalue weighted by Gasteiger charge is -2.21. The molecule has 0 aliphatic heterocycles. The summed E-state index contributed by atoms with van der Waals surface area (Å²) in [6, 6.07) is 5.50. The number of anilines is 1. The first-order valence-electron chi connectivity index (χ1n) is 6.88. The second-order valence-electron chi connectivity index (χ2n) is 5.33. The number of hydrogen-bond acceptors (Lipinski definition) is 3. The molecular formula is C15H22Cl2N2O2. The van der Waals surface area contributed by atoms with Gasteiger partial charge in [-0.2, -0.15) is 0 Å². The van der Waals surface area contributed by atoms with Crippen molar-refractivity contribution in [3.8, 4) is 5.75 Å². The number of carbonyl (C=O) groups excluding carboxylic acids is 1. The lowest BCUT2D eigenvalue weighted by atomic mass is 9.99. The Morgan fingerprint density at radius 3 is 2.71 bits per heavy atom. The van der Waals surface area contributed by atoms with E-state index >= 15 is 0 Å². The maximum atomic E-state index is 12.3. The summed E-state index contributed by atoms with van der Waals surface area (Å²) < 4.78 is 5.11. The maximum Gasteiger partial charge on any atom is 0.227 e. The highest BCUT2D eigenvalue weighted by molar-refractivity contribution is 6.32. The monoisotopic (exact) mass is 332 g/mol. The van der Waals surface area contributed by atoms with Crippen LogP contribution in [-0.2, 0) is 4.79 Å². The number of nitrogens with zero attached hydrogens (tertiary/aromatic N) is 1. The number of rotatable bonds is 4. The summed E-state index contributed by atoms with van der Waals surface area (Å²) in [7, 11) is 3.33. The van der Waals surface area contributed by atoms with Gasteiger partial charge >= 0.3 is 0 Å². The zero-order valence-corrected chi connectivity index (χ0v) is 13.9. The van der Waals surface area contributed by atoms with E-state index in [0.717, 1.165) is 24.9 Å². The molecule has 1 aliphatic rings. The Labute approximate surface area is 137 Å². The van der Waals surface area contributed by atoms with Gasteiger partial charge in [-0.3, -0.25) is 4.79 Å². The number of benzene rings is 1. The molecule has 2 rings (SSSR count). The number of hydrogen-bond donors (Lipinski definition) is 1. The highest BCUT2D eigenvalue weighted by atomic mass is 35.5. The predicted octanol–water partition coefficient (Wildman–Crippen LogP) is 3.25. The van der Waals surface area contributed by atoms with Gasteiger partial charge in [0.2, 0.25) is 5.91 Å². The molecule has 0 saturated heterocycles. The molecule has 1 saturated carbocycles. The third-order valence-corrected chi connectivity index (χ3v) is 4.35. The van der Waals surface area contributed by atoms with Crippen LogP contribution in [0.25, 0.3) is 0 Å². The van der Waals surface area contributed by atoms with Gasteiger partial charge in [0.15, 0.2) is 0 Å². The average Bonchev–Trinajstić information content (AvgIpc) is 2.83. The van der Waals surface area contributed by atoms with Crippen molar-refractivity contribution >= 4 is 35.6 Å². The predicted molar refractivity (Wildman–Crippen MR) is 88.6 cm³/mol. The summed E-state index contributed by atoms with van der Waals surface area (Å²) in [5.41, 5.74) is 6.79. The van der Waals surface area contributed by atoms with Crippen LogP contribution in [0.5, 0.6) is 5.75 Å². The zero-order chi connectivity index (χ0) is 14.7. The molecule has 0 unspecified atom stereocenters. The molecule has 0 spiro atoms. The number of nitrogens with two attached hydrogens (primary N) is 1. The van der Waals surface area contributed by atoms with E-state index in [-0.39, 0.29) is 24.4 Å². The smallest absolute Gasteiger partial charge is 0.227 e. The zero-order valence-electron chi connectivity index (χ0n) is 12.3. The molecule has 6 heteroatoms. The molecular weight excluding hydrogens is 311 g/mol. The van der Waals surface area contributed by atoms with Crippen LogP contribution < -0.4 is 15.4 Å². The van der Waals surface area contributed by atoms with Crippen molar-refractivity contribution in [2.45, 2.75) is 31.7 Å². The van der Waals surface area contributed by atoms with Gasteiger partial charge in [-0.1, -0.05) is 18.0 Å². The Morgan fingerprint density at radius 2 is 2.19 bits per heavy atom. The van der Waals surface area contributed by atoms with E-state index in [9.17, 15) is 4.79 Å². The number of methoxy groups -OCH3 is 1. The minimum atomic E-state index is 0. The maximum absolute atomic E-state index is 12.3. The van der Waals surface area contributed by atoms with E-state index in [4.69, 9.17) is 22.1 Å². The molecule has 0 bridgehead atoms. The van der Waals surface area contributed by atoms with Crippen molar-refractivity contribution in [1.29, 1.82) is 0 Å². The molecule has 2 atom stereocenters. The minimum Gasteiger partial charge on any atom is -0.495 e. The summed E-state index contributed by atoms with van der Waals surface area (Å²) in [6.45, 7) is 0. The van der Waals surface area contributed by atoms with E-state index in [1.54, 1.807) is 31.2 Å². The van der Waals surface area contributed by atoms with Crippen LogP contribution in [0.3, 0.4) is 0 Å². The van der Waals surface area contributed by atoms with Gasteiger partial charge in [0, 0.05) is 25.2 Å². The van der Waals surface area contributed by atoms with Gasteiger partial charge in [-0.25, -0.2) is 0 Å². The number of carbonyl (C=O) groups is 1. The average molecular weight is 333 g/mol. The third kappa shape index (κ3) is 4.25. The molecule has 118 valence electrons. The van der Waals surface area contributed by atoms with Gasteiger partial charge in [-0.15, -0.1) is 12.4 Å². The molecule has 1 amide bonds. The minimum absolute atomic E-state index is 0. The second-order valence-corrected chi connectivity index (χ2v) is 5.74. The first kappa shape index (κ1) is 18.1. The van der Waals surface area contributed by atoms with Gasteiger partial charge in [-0.05, 0) is 37.0 Å². The fourth-order valence-electron chi connectivity index (χ4n) is 2.69. The molecule has 0 heterocycles. The van der Waals surface area contributed by atoms with E-state index in [0.29, 0.717) is 23.1 Å². The standard InChI is InChI=1S/C15H21ClN2O2.ClH/c1-18(11-6-7-14(20-2)12(16)9-11)15(19)8-10-4-3-5-13(10)17;/h6-7,9-10,13H,3-5,8,17H2,1-2H3;1H/t10-,13+;/m0./s1. The van der Waals surface area contributed by atoms with Crippen LogP contribution in [0.15, 0.2) is 18.2 Å². The third-order valence-electron chi connectivity index (χ3n) is 4.05. The first-order chi connectivity index (χ1) is 9.52. The van der Waals surface area contributed by atoms with E-state index in [1.807, 2.05) is 6.07 Å². The fourth-order valence-corrected chi connectivity index (χ4v) is 2.94. The van der Waals surface area contributed by atoms with E-state index in [2.05, 4.69) is 0 Å². The Morgan fingerprint density at radius 1 is 1.48 bits per heavy atom. The van der Waals surface area contributed by atoms with Gasteiger partial charge < -0.3 is 15.4 Å². The molecule has 2 N–H and O–H groups in total. The lowest BCUT2D eigenvalue weighted by Crippen LogP contribution is -2.32. The van der Waals surface area contributed by atoms with Crippen LogP contribution >= 0.6 is 24.0 Å². The number of ether oxygens (including phenoxy) is 1. The van der Waals surface area contributed by atoms with E-state index < -0.39 is 0 Å². The summed E-state index contributed by atoms with van der Waals surface area (Å²) in [5, 5.41) is 0.502. The second kappa shape index (κ2) is 7.87. The lowest BCUT2D eigenvalue weighted by molar-refractivity contribution is -0.119. The van der Waals surface area contributed by atoms with Crippen molar-refractivity contribution in [3.63, 3.8) is 0 Å². The highest BCUT2D eigenvalue weighted by Gasteiger charge is 2.27. The Bertz CT molecular complexity index is 497. The topological polar surface area (TPSA) is 55.6 Å². The summed E-state index contributed by atoms with van der Waals surface area (Å²) in [4.78, 5) is 13.9. The summed E-state index contributed by atoms with van der Waals surface area (Å²) in [5.74, 6) is 0.987. The van der Waals surface area contributed by atoms with Crippen molar-refractivity contribution in [2.24, 2.45) is 11.7 Å². The molecule has 1 fully saturated rings. The Balaban J connectivity index is 0.00000220. The summed E-state index contributed by atoms with van der Waals surface area (Å²) >= 11 is 6.09. The van der Waals surface area contributed by atoms with Crippen molar-refractivity contribution in [2.75, 3.05) is 19.1 Å². The number of halogens is 2. The van der Waals surface area contributed by atoms with Crippen molar-refractivity contribution in [3.05, 3.63) is 23.2 Å². The quantitative estimate of drug-likeness (QED) is 0.920. The van der Waals surface area contributed by atoms with Crippen molar-refractivity contribution in [1.82, 2.24) is 0 Å². The SMILES string of the molecule is COc1ccc(N(C)C(=O)C[C@@H]2CCC[C@H]2N)cc1Cl.Cl. The van der Waals surface area contributed by atoms with Crippen LogP contribution in [0, 0.1) is 5.92 Å². The van der Waals surface area contributed by atoms with Crippen LogP contribution in [0.1, 0.15) is 25.7 Å². The highest BCUT2D eigenvalue weighted by Crippen LogP contribution is 2.31. The molecule has 0 radical (unpaired) electrons. The van der Waals surface area contributed by atoms with Gasteiger partial charge in [0.25, 0.3) is 0 Å². The molecule has 0 aromatic heterocycles. The largest absolute Gasteiger partial charge is 0.495 e. The molecule has 1 aromatic rings. The fraction of sp³-hybridized carbons (Fsp3) is 0.533. The summed E-state index contributed by atoms with van der Waals surface area (Å²) in [6.07, 6.45) is 3.69. The number of amides is 1. The normalized spacial score (nSPS) is 20.8. The van der Waals surface area contributed by atoms with Crippen LogP contribution in [0.4, 0.5) is 5.69 Å². The van der Waals surface area contributed by atoms with Crippen LogP contribution in [-0.4, -0.2) is 26.1 Å². The van der Waals surface area contributed by atoms with Gasteiger partial charge in [0.05, 0.1) is 12.1 Å². The van der Waals surface area contributed by atoms with Crippen LogP contribution in [0.2, 0.25) is 5.02 Å². The van der Waals surface area contributed by atoms with Crippen molar-refractivity contribution < 1.29 is 9.53 Å². The first-order valence-corrected chi connectivity index (χ1v) is 7.26. The molecule has 1 aromatic carbocycles. The Kier molecular flexibility index (Phi) is 6.78. The molecule has 1 aliphatic carbocycles. The molecule has 21 heavy (non-hydrogen) atoms. The Hall–Kier alpha value is -0.970. The van der Waals surface area contributed by atoms with Gasteiger partial charge in [0.1, 0.15) is 5.75 Å².